The van der Waals surface area contributed by atoms with Crippen molar-refractivity contribution in [1.29, 1.82) is 0 Å². The number of nitrogens with zero attached hydrogens (tertiary/aromatic N) is 5. The van der Waals surface area contributed by atoms with E-state index in [0.29, 0.717) is 18.0 Å². The van der Waals surface area contributed by atoms with Crippen molar-refractivity contribution < 1.29 is 4.79 Å². The zero-order valence-corrected chi connectivity index (χ0v) is 16.6. The molecule has 2 aromatic heterocycles. The number of amides is 1. The largest absolute Gasteiger partial charge is 0.342 e. The molecule has 7 heteroatoms. The van der Waals surface area contributed by atoms with Crippen LogP contribution in [0.3, 0.4) is 0 Å². The van der Waals surface area contributed by atoms with Gasteiger partial charge in [0.2, 0.25) is 0 Å². The van der Waals surface area contributed by atoms with E-state index < -0.39 is 0 Å². The van der Waals surface area contributed by atoms with E-state index in [4.69, 9.17) is 0 Å². The Morgan fingerprint density at radius 1 is 1.21 bits per heavy atom. The van der Waals surface area contributed by atoms with Crippen molar-refractivity contribution in [2.75, 3.05) is 0 Å². The fourth-order valence-electron chi connectivity index (χ4n) is 3.57. The van der Waals surface area contributed by atoms with E-state index in [1.165, 1.54) is 0 Å². The summed E-state index contributed by atoms with van der Waals surface area (Å²) in [6.45, 7) is 7.52. The second kappa shape index (κ2) is 7.58. The monoisotopic (exact) mass is 378 g/mol. The molecule has 3 aromatic rings. The number of rotatable bonds is 7. The first-order chi connectivity index (χ1) is 13.5. The Bertz CT molecular complexity index is 967. The molecule has 2 heterocycles. The number of aromatic nitrogens is 5. The Balaban J connectivity index is 1.46. The van der Waals surface area contributed by atoms with Crippen molar-refractivity contribution in [2.24, 2.45) is 5.92 Å². The number of benzene rings is 1. The van der Waals surface area contributed by atoms with Crippen LogP contribution in [0.1, 0.15) is 58.9 Å². The van der Waals surface area contributed by atoms with Crippen LogP contribution in [0.5, 0.6) is 0 Å². The van der Waals surface area contributed by atoms with E-state index in [9.17, 15) is 4.79 Å². The molecule has 28 heavy (non-hydrogen) atoms. The Morgan fingerprint density at radius 3 is 2.57 bits per heavy atom. The molecule has 0 saturated heterocycles. The predicted molar refractivity (Wildman–Crippen MR) is 106 cm³/mol. The summed E-state index contributed by atoms with van der Waals surface area (Å²) in [4.78, 5) is 17.2. The van der Waals surface area contributed by atoms with Crippen LogP contribution in [-0.2, 0) is 13.1 Å². The van der Waals surface area contributed by atoms with Crippen LogP contribution in [0, 0.1) is 19.8 Å². The van der Waals surface area contributed by atoms with Gasteiger partial charge in [-0.05, 0) is 63.3 Å². The highest BCUT2D eigenvalue weighted by molar-refractivity contribution is 5.94. The molecule has 1 amide bonds. The fraction of sp³-hybridized carbons (Fsp3) is 0.429. The topological polar surface area (TPSA) is 77.6 Å². The van der Waals surface area contributed by atoms with Crippen molar-refractivity contribution in [1.82, 2.24) is 29.9 Å². The summed E-state index contributed by atoms with van der Waals surface area (Å²) < 4.78 is 3.84. The van der Waals surface area contributed by atoms with Gasteiger partial charge in [-0.2, -0.15) is 10.2 Å². The lowest BCUT2D eigenvalue weighted by Crippen LogP contribution is -2.32. The van der Waals surface area contributed by atoms with E-state index in [-0.39, 0.29) is 11.9 Å². The number of carbonyl (C=O) groups is 1. The van der Waals surface area contributed by atoms with Crippen LogP contribution in [-0.4, -0.2) is 30.5 Å². The first-order valence-electron chi connectivity index (χ1n) is 9.83. The van der Waals surface area contributed by atoms with Gasteiger partial charge in [-0.1, -0.05) is 12.1 Å². The minimum atomic E-state index is -0.0793. The predicted octanol–water partition coefficient (Wildman–Crippen LogP) is 3.04. The molecule has 1 unspecified atom stereocenters. The number of hydrogen-bond acceptors (Lipinski definition) is 4. The fourth-order valence-corrected chi connectivity index (χ4v) is 3.57. The standard InChI is InChI=1S/C21H26N6O/c1-4-26-20(22-13-23-26)19(17-9-10-17)24-21(28)18-7-5-16(6-8-18)12-27-15(3)11-14(2)25-27/h5-8,11,13,17,19H,4,9-10,12H2,1-3H3,(H,24,28). The maximum absolute atomic E-state index is 12.8. The third-order valence-corrected chi connectivity index (χ3v) is 5.26. The first kappa shape index (κ1) is 18.4. The molecule has 1 aliphatic rings. The molecule has 1 aromatic carbocycles. The number of aryl methyl sites for hydroxylation is 3. The second-order valence-electron chi connectivity index (χ2n) is 7.50. The van der Waals surface area contributed by atoms with Crippen LogP contribution in [0.25, 0.3) is 0 Å². The lowest BCUT2D eigenvalue weighted by Gasteiger charge is -2.18. The summed E-state index contributed by atoms with van der Waals surface area (Å²) in [5, 5.41) is 11.9. The summed E-state index contributed by atoms with van der Waals surface area (Å²) >= 11 is 0. The van der Waals surface area contributed by atoms with Gasteiger partial charge in [-0.15, -0.1) is 0 Å². The van der Waals surface area contributed by atoms with Crippen LogP contribution in [0.4, 0.5) is 0 Å². The molecule has 0 radical (unpaired) electrons. The molecule has 0 aliphatic heterocycles. The Kier molecular flexibility index (Phi) is 4.98. The second-order valence-corrected chi connectivity index (χ2v) is 7.50. The van der Waals surface area contributed by atoms with Crippen LogP contribution in [0.15, 0.2) is 36.7 Å². The van der Waals surface area contributed by atoms with Gasteiger partial charge in [0.1, 0.15) is 12.2 Å². The normalized spacial score (nSPS) is 14.8. The molecule has 4 rings (SSSR count). The molecule has 0 bridgehead atoms. The first-order valence-corrected chi connectivity index (χ1v) is 9.83. The quantitative estimate of drug-likeness (QED) is 0.685. The highest BCUT2D eigenvalue weighted by atomic mass is 16.1. The minimum absolute atomic E-state index is 0.0692. The Labute approximate surface area is 164 Å². The highest BCUT2D eigenvalue weighted by Crippen LogP contribution is 2.40. The Hall–Kier alpha value is -2.96. The highest BCUT2D eigenvalue weighted by Gasteiger charge is 2.36. The SMILES string of the molecule is CCn1ncnc1C(NC(=O)c1ccc(Cn2nc(C)cc2C)cc1)C1CC1. The zero-order chi connectivity index (χ0) is 19.7. The van der Waals surface area contributed by atoms with E-state index in [1.807, 2.05) is 47.5 Å². The van der Waals surface area contributed by atoms with Gasteiger partial charge in [0, 0.05) is 17.8 Å². The van der Waals surface area contributed by atoms with Crippen LogP contribution >= 0.6 is 0 Å². The molecule has 1 atom stereocenters. The maximum atomic E-state index is 12.8. The van der Waals surface area contributed by atoms with Crippen LogP contribution in [0.2, 0.25) is 0 Å². The summed E-state index contributed by atoms with van der Waals surface area (Å²) in [5.41, 5.74) is 3.92. The van der Waals surface area contributed by atoms with Crippen LogP contribution < -0.4 is 5.32 Å². The number of hydrogen-bond donors (Lipinski definition) is 1. The molecule has 1 saturated carbocycles. The van der Waals surface area contributed by atoms with Crippen molar-refractivity contribution in [2.45, 2.75) is 52.7 Å². The van der Waals surface area contributed by atoms with Gasteiger partial charge in [0.25, 0.3) is 5.91 Å². The number of nitrogens with one attached hydrogen (secondary N) is 1. The van der Waals surface area contributed by atoms with Gasteiger partial charge in [0.15, 0.2) is 0 Å². The average Bonchev–Trinajstić information content (AvgIpc) is 3.33. The third kappa shape index (κ3) is 3.83. The lowest BCUT2D eigenvalue weighted by molar-refractivity contribution is 0.0928. The Morgan fingerprint density at radius 2 is 1.96 bits per heavy atom. The zero-order valence-electron chi connectivity index (χ0n) is 16.6. The van der Waals surface area contributed by atoms with E-state index in [0.717, 1.165) is 42.2 Å². The molecular formula is C21H26N6O. The molecule has 1 fully saturated rings. The van der Waals surface area contributed by atoms with Gasteiger partial charge in [-0.3, -0.25) is 9.48 Å². The molecule has 7 nitrogen and oxygen atoms in total. The average molecular weight is 378 g/mol. The van der Waals surface area contributed by atoms with Gasteiger partial charge >= 0.3 is 0 Å². The van der Waals surface area contributed by atoms with Crippen molar-refractivity contribution in [3.63, 3.8) is 0 Å². The summed E-state index contributed by atoms with van der Waals surface area (Å²) in [7, 11) is 0. The van der Waals surface area contributed by atoms with E-state index in [2.05, 4.69) is 33.5 Å². The van der Waals surface area contributed by atoms with Gasteiger partial charge in [-0.25, -0.2) is 9.67 Å². The maximum Gasteiger partial charge on any atom is 0.251 e. The summed E-state index contributed by atoms with van der Waals surface area (Å²) in [5.74, 6) is 1.23. The summed E-state index contributed by atoms with van der Waals surface area (Å²) in [6.07, 6.45) is 3.79. The van der Waals surface area contributed by atoms with Gasteiger partial charge < -0.3 is 5.32 Å². The van der Waals surface area contributed by atoms with Gasteiger partial charge in [0.05, 0.1) is 18.3 Å². The molecule has 146 valence electrons. The van der Waals surface area contributed by atoms with E-state index in [1.54, 1.807) is 6.33 Å². The summed E-state index contributed by atoms with van der Waals surface area (Å²) in [6, 6.07) is 9.73. The minimum Gasteiger partial charge on any atom is -0.342 e. The van der Waals surface area contributed by atoms with Crippen molar-refractivity contribution >= 4 is 5.91 Å². The lowest BCUT2D eigenvalue weighted by atomic mass is 10.1. The smallest absolute Gasteiger partial charge is 0.251 e. The molecular weight excluding hydrogens is 352 g/mol. The molecule has 1 aliphatic carbocycles. The van der Waals surface area contributed by atoms with E-state index >= 15 is 0 Å². The third-order valence-electron chi connectivity index (χ3n) is 5.26. The van der Waals surface area contributed by atoms with Crippen molar-refractivity contribution in [3.8, 4) is 0 Å². The van der Waals surface area contributed by atoms with Crippen molar-refractivity contribution in [3.05, 3.63) is 65.0 Å². The molecule has 0 spiro atoms. The molecule has 1 N–H and O–H groups in total. The number of carbonyl (C=O) groups excluding carboxylic acids is 1.